The molecule has 0 saturated carbocycles. The zero-order valence-electron chi connectivity index (χ0n) is 10.6. The van der Waals surface area contributed by atoms with E-state index in [-0.39, 0.29) is 24.9 Å². The van der Waals surface area contributed by atoms with Crippen molar-refractivity contribution >= 4 is 10.0 Å². The van der Waals surface area contributed by atoms with Crippen molar-refractivity contribution in [2.24, 2.45) is 0 Å². The van der Waals surface area contributed by atoms with E-state index in [9.17, 15) is 8.42 Å². The van der Waals surface area contributed by atoms with Crippen LogP contribution in [-0.4, -0.2) is 55.9 Å². The Morgan fingerprint density at radius 3 is 2.76 bits per heavy atom. The van der Waals surface area contributed by atoms with Crippen LogP contribution in [0.1, 0.15) is 32.6 Å². The van der Waals surface area contributed by atoms with Crippen molar-refractivity contribution in [2.45, 2.75) is 38.6 Å². The summed E-state index contributed by atoms with van der Waals surface area (Å²) >= 11 is 0. The molecule has 1 heterocycles. The minimum Gasteiger partial charge on any atom is -0.395 e. The number of nitrogens with one attached hydrogen (secondary N) is 1. The van der Waals surface area contributed by atoms with E-state index in [4.69, 9.17) is 5.11 Å². The number of sulfonamides is 1. The topological polar surface area (TPSA) is 69.6 Å². The lowest BCUT2D eigenvalue weighted by Crippen LogP contribution is -2.43. The zero-order valence-corrected chi connectivity index (χ0v) is 11.4. The van der Waals surface area contributed by atoms with E-state index in [0.717, 1.165) is 25.8 Å². The molecule has 0 aromatic heterocycles. The fourth-order valence-corrected chi connectivity index (χ4v) is 3.75. The maximum atomic E-state index is 12.1. The number of aliphatic hydroxyl groups is 1. The molecule has 2 N–H and O–H groups in total. The van der Waals surface area contributed by atoms with Crippen molar-refractivity contribution in [2.75, 3.05) is 32.0 Å². The smallest absolute Gasteiger partial charge is 0.214 e. The first-order valence-electron chi connectivity index (χ1n) is 6.42. The Morgan fingerprint density at radius 1 is 1.47 bits per heavy atom. The number of nitrogens with zero attached hydrogens (tertiary/aromatic N) is 1. The lowest BCUT2D eigenvalue weighted by molar-refractivity contribution is 0.246. The second kappa shape index (κ2) is 7.31. The lowest BCUT2D eigenvalue weighted by Gasteiger charge is -2.24. The first kappa shape index (κ1) is 14.9. The van der Waals surface area contributed by atoms with Gasteiger partial charge in [-0.1, -0.05) is 13.3 Å². The predicted octanol–water partition coefficient (Wildman–Crippen LogP) is 0.163. The fraction of sp³-hybridized carbons (Fsp3) is 1.00. The summed E-state index contributed by atoms with van der Waals surface area (Å²) in [4.78, 5) is 0. The Kier molecular flexibility index (Phi) is 6.40. The molecule has 1 aliphatic rings. The first-order chi connectivity index (χ1) is 8.10. The molecule has 1 fully saturated rings. The third-order valence-electron chi connectivity index (χ3n) is 3.09. The molecule has 0 radical (unpaired) electrons. The van der Waals surface area contributed by atoms with Crippen LogP contribution < -0.4 is 5.32 Å². The summed E-state index contributed by atoms with van der Waals surface area (Å²) in [5.74, 6) is 0.191. The van der Waals surface area contributed by atoms with Crippen LogP contribution in [0.15, 0.2) is 0 Å². The fourth-order valence-electron chi connectivity index (χ4n) is 2.07. The quantitative estimate of drug-likeness (QED) is 0.655. The highest BCUT2D eigenvalue weighted by Gasteiger charge is 2.25. The Bertz CT molecular complexity index is 300. The summed E-state index contributed by atoms with van der Waals surface area (Å²) in [6.45, 7) is 3.53. The van der Waals surface area contributed by atoms with Crippen molar-refractivity contribution < 1.29 is 13.5 Å². The summed E-state index contributed by atoms with van der Waals surface area (Å²) in [6.07, 6.45) is 3.67. The highest BCUT2D eigenvalue weighted by Crippen LogP contribution is 2.11. The van der Waals surface area contributed by atoms with Gasteiger partial charge in [-0.15, -0.1) is 0 Å². The SMILES string of the molecule is CCCCS(=O)(=O)N(CCO)CC1CCCN1. The molecule has 1 atom stereocenters. The molecule has 5 nitrogen and oxygen atoms in total. The van der Waals surface area contributed by atoms with Crippen LogP contribution in [-0.2, 0) is 10.0 Å². The molecule has 0 spiro atoms. The third-order valence-corrected chi connectivity index (χ3v) is 5.01. The standard InChI is InChI=1S/C11H24N2O3S/c1-2-3-9-17(15,16)13(7-8-14)10-11-5-4-6-12-11/h11-12,14H,2-10H2,1H3. The Hall–Kier alpha value is -0.170. The van der Waals surface area contributed by atoms with Gasteiger partial charge in [0.1, 0.15) is 0 Å². The number of aliphatic hydroxyl groups excluding tert-OH is 1. The van der Waals surface area contributed by atoms with E-state index >= 15 is 0 Å². The Morgan fingerprint density at radius 2 is 2.24 bits per heavy atom. The van der Waals surface area contributed by atoms with Crippen LogP contribution in [0.2, 0.25) is 0 Å². The molecule has 1 aliphatic heterocycles. The molecule has 102 valence electrons. The molecular formula is C11H24N2O3S. The first-order valence-corrected chi connectivity index (χ1v) is 8.03. The lowest BCUT2D eigenvalue weighted by atomic mass is 10.2. The van der Waals surface area contributed by atoms with Gasteiger partial charge in [-0.25, -0.2) is 8.42 Å². The minimum absolute atomic E-state index is 0.113. The van der Waals surface area contributed by atoms with Crippen LogP contribution >= 0.6 is 0 Å². The van der Waals surface area contributed by atoms with Gasteiger partial charge in [0.05, 0.1) is 12.4 Å². The minimum atomic E-state index is -3.20. The highest BCUT2D eigenvalue weighted by atomic mass is 32.2. The molecule has 1 saturated heterocycles. The van der Waals surface area contributed by atoms with Crippen LogP contribution in [0.4, 0.5) is 0 Å². The van der Waals surface area contributed by atoms with Crippen LogP contribution in [0.25, 0.3) is 0 Å². The highest BCUT2D eigenvalue weighted by molar-refractivity contribution is 7.89. The summed E-state index contributed by atoms with van der Waals surface area (Å²) < 4.78 is 25.5. The molecule has 0 aromatic carbocycles. The average Bonchev–Trinajstić information content (AvgIpc) is 2.79. The van der Waals surface area contributed by atoms with Crippen molar-refractivity contribution in [3.8, 4) is 0 Å². The van der Waals surface area contributed by atoms with Gasteiger partial charge >= 0.3 is 0 Å². The van der Waals surface area contributed by atoms with Crippen LogP contribution in [0, 0.1) is 0 Å². The maximum Gasteiger partial charge on any atom is 0.214 e. The molecule has 0 amide bonds. The maximum absolute atomic E-state index is 12.1. The summed E-state index contributed by atoms with van der Waals surface area (Å²) in [7, 11) is -3.20. The predicted molar refractivity (Wildman–Crippen MR) is 68.4 cm³/mol. The molecular weight excluding hydrogens is 240 g/mol. The molecule has 0 aliphatic carbocycles. The van der Waals surface area contributed by atoms with Gasteiger partial charge in [-0.3, -0.25) is 0 Å². The van der Waals surface area contributed by atoms with Crippen LogP contribution in [0.3, 0.4) is 0 Å². The van der Waals surface area contributed by atoms with Crippen molar-refractivity contribution in [3.63, 3.8) is 0 Å². The summed E-state index contributed by atoms with van der Waals surface area (Å²) in [5, 5.41) is 12.3. The van der Waals surface area contributed by atoms with Gasteiger partial charge in [-0.05, 0) is 25.8 Å². The number of rotatable bonds is 8. The summed E-state index contributed by atoms with van der Waals surface area (Å²) in [6, 6.07) is 0.248. The van der Waals surface area contributed by atoms with Crippen molar-refractivity contribution in [1.82, 2.24) is 9.62 Å². The number of hydrogen-bond acceptors (Lipinski definition) is 4. The molecule has 0 aromatic rings. The Balaban J connectivity index is 2.56. The van der Waals surface area contributed by atoms with Crippen LogP contribution in [0.5, 0.6) is 0 Å². The van der Waals surface area contributed by atoms with E-state index in [1.807, 2.05) is 6.92 Å². The average molecular weight is 264 g/mol. The van der Waals surface area contributed by atoms with E-state index in [1.165, 1.54) is 4.31 Å². The monoisotopic (exact) mass is 264 g/mol. The van der Waals surface area contributed by atoms with Gasteiger partial charge in [0.2, 0.25) is 10.0 Å². The second-order valence-electron chi connectivity index (χ2n) is 4.54. The number of unbranched alkanes of at least 4 members (excludes halogenated alkanes) is 1. The number of hydrogen-bond donors (Lipinski definition) is 2. The van der Waals surface area contributed by atoms with Gasteiger partial charge < -0.3 is 10.4 Å². The normalized spacial score (nSPS) is 21.2. The molecule has 1 unspecified atom stereocenters. The third kappa shape index (κ3) is 4.91. The molecule has 1 rings (SSSR count). The van der Waals surface area contributed by atoms with Crippen molar-refractivity contribution in [3.05, 3.63) is 0 Å². The van der Waals surface area contributed by atoms with Crippen molar-refractivity contribution in [1.29, 1.82) is 0 Å². The van der Waals surface area contributed by atoms with Gasteiger partial charge in [-0.2, -0.15) is 4.31 Å². The van der Waals surface area contributed by atoms with Gasteiger partial charge in [0.25, 0.3) is 0 Å². The van der Waals surface area contributed by atoms with Gasteiger partial charge in [0, 0.05) is 19.1 Å². The van der Waals surface area contributed by atoms with Gasteiger partial charge in [0.15, 0.2) is 0 Å². The van der Waals surface area contributed by atoms with E-state index in [0.29, 0.717) is 13.0 Å². The molecule has 6 heteroatoms. The molecule has 0 bridgehead atoms. The summed E-state index contributed by atoms with van der Waals surface area (Å²) in [5.41, 5.74) is 0. The van der Waals surface area contributed by atoms with E-state index in [1.54, 1.807) is 0 Å². The zero-order chi connectivity index (χ0) is 12.7. The Labute approximate surface area is 104 Å². The largest absolute Gasteiger partial charge is 0.395 e. The second-order valence-corrected chi connectivity index (χ2v) is 6.63. The molecule has 17 heavy (non-hydrogen) atoms. The van der Waals surface area contributed by atoms with E-state index in [2.05, 4.69) is 5.32 Å². The van der Waals surface area contributed by atoms with E-state index < -0.39 is 10.0 Å².